The molecule has 0 aliphatic rings. The molecule has 2 N–H and O–H groups in total. The van der Waals surface area contributed by atoms with Crippen LogP contribution in [0.3, 0.4) is 0 Å². The third-order valence-corrected chi connectivity index (χ3v) is 2.69. The van der Waals surface area contributed by atoms with Gasteiger partial charge in [-0.2, -0.15) is 0 Å². The molecule has 1 amide bonds. The summed E-state index contributed by atoms with van der Waals surface area (Å²) in [5.74, 6) is 1.15. The lowest BCUT2D eigenvalue weighted by Crippen LogP contribution is -2.41. The largest absolute Gasteiger partial charge is 0.497 e. The van der Waals surface area contributed by atoms with E-state index < -0.39 is 6.10 Å². The summed E-state index contributed by atoms with van der Waals surface area (Å²) in [7, 11) is 1.59. The maximum absolute atomic E-state index is 11.8. The minimum absolute atomic E-state index is 0.0508. The highest BCUT2D eigenvalue weighted by molar-refractivity contribution is 5.80. The fraction of sp³-hybridized carbons (Fsp3) is 0.500. The number of amides is 1. The number of hydrogen-bond acceptors (Lipinski definition) is 4. The summed E-state index contributed by atoms with van der Waals surface area (Å²) in [5, 5.41) is 11.6. The average molecular weight is 267 g/mol. The zero-order chi connectivity index (χ0) is 14.3. The number of methoxy groups -OCH3 is 1. The fourth-order valence-electron chi connectivity index (χ4n) is 1.54. The Kier molecular flexibility index (Phi) is 6.15. The molecular formula is C14H21NO4. The van der Waals surface area contributed by atoms with Crippen molar-refractivity contribution in [2.45, 2.75) is 32.4 Å². The van der Waals surface area contributed by atoms with Crippen molar-refractivity contribution >= 4 is 5.91 Å². The molecule has 0 fully saturated rings. The van der Waals surface area contributed by atoms with Crippen LogP contribution in [0.25, 0.3) is 0 Å². The second kappa shape index (κ2) is 7.63. The van der Waals surface area contributed by atoms with E-state index in [0.29, 0.717) is 12.2 Å². The Balaban J connectivity index is 2.48. The minimum Gasteiger partial charge on any atom is -0.497 e. The predicted octanol–water partition coefficient (Wildman–Crippen LogP) is 1.35. The highest BCUT2D eigenvalue weighted by Crippen LogP contribution is 2.18. The second-order valence-corrected chi connectivity index (χ2v) is 4.36. The number of ether oxygens (including phenoxy) is 2. The van der Waals surface area contributed by atoms with Crippen LogP contribution in [-0.2, 0) is 4.79 Å². The van der Waals surface area contributed by atoms with Crippen LogP contribution in [0.5, 0.6) is 11.5 Å². The Morgan fingerprint density at radius 2 is 1.84 bits per heavy atom. The van der Waals surface area contributed by atoms with Gasteiger partial charge in [0, 0.05) is 12.6 Å². The molecule has 0 radical (unpaired) electrons. The van der Waals surface area contributed by atoms with Gasteiger partial charge < -0.3 is 19.9 Å². The first kappa shape index (κ1) is 15.3. The quantitative estimate of drug-likeness (QED) is 0.782. The molecule has 2 atom stereocenters. The van der Waals surface area contributed by atoms with Crippen molar-refractivity contribution in [1.82, 2.24) is 5.32 Å². The van der Waals surface area contributed by atoms with Crippen LogP contribution in [-0.4, -0.2) is 36.9 Å². The molecule has 0 bridgehead atoms. The number of carbonyl (C=O) groups excluding carboxylic acids is 1. The van der Waals surface area contributed by atoms with Crippen molar-refractivity contribution in [1.29, 1.82) is 0 Å². The smallest absolute Gasteiger partial charge is 0.260 e. The van der Waals surface area contributed by atoms with Crippen molar-refractivity contribution in [2.75, 3.05) is 13.7 Å². The highest BCUT2D eigenvalue weighted by Gasteiger charge is 2.16. The standard InChI is InChI=1S/C14H21NO4/c1-10(8-9-16)15-14(17)11(2)19-13-6-4-12(18-3)5-7-13/h4-7,10-11,16H,8-9H2,1-3H3,(H,15,17). The molecule has 0 aliphatic carbocycles. The Morgan fingerprint density at radius 1 is 1.26 bits per heavy atom. The number of benzene rings is 1. The van der Waals surface area contributed by atoms with E-state index in [1.807, 2.05) is 6.92 Å². The summed E-state index contributed by atoms with van der Waals surface area (Å²) in [4.78, 5) is 11.8. The van der Waals surface area contributed by atoms with Gasteiger partial charge in [0.1, 0.15) is 11.5 Å². The van der Waals surface area contributed by atoms with E-state index in [1.54, 1.807) is 38.3 Å². The molecule has 0 aromatic heterocycles. The Labute approximate surface area is 113 Å². The van der Waals surface area contributed by atoms with E-state index >= 15 is 0 Å². The van der Waals surface area contributed by atoms with Crippen LogP contribution in [0.4, 0.5) is 0 Å². The normalized spacial score (nSPS) is 13.5. The van der Waals surface area contributed by atoms with Gasteiger partial charge >= 0.3 is 0 Å². The lowest BCUT2D eigenvalue weighted by Gasteiger charge is -2.18. The summed E-state index contributed by atoms with van der Waals surface area (Å²) in [5.41, 5.74) is 0. The van der Waals surface area contributed by atoms with Gasteiger partial charge in [0.25, 0.3) is 5.91 Å². The van der Waals surface area contributed by atoms with Crippen LogP contribution < -0.4 is 14.8 Å². The zero-order valence-electron chi connectivity index (χ0n) is 11.6. The second-order valence-electron chi connectivity index (χ2n) is 4.36. The summed E-state index contributed by atoms with van der Waals surface area (Å²) < 4.78 is 10.6. The van der Waals surface area contributed by atoms with Crippen molar-refractivity contribution in [2.24, 2.45) is 0 Å². The first-order valence-corrected chi connectivity index (χ1v) is 6.28. The number of hydrogen-bond donors (Lipinski definition) is 2. The molecule has 5 heteroatoms. The molecule has 5 nitrogen and oxygen atoms in total. The monoisotopic (exact) mass is 267 g/mol. The summed E-state index contributed by atoms with van der Waals surface area (Å²) in [6.45, 7) is 3.58. The van der Waals surface area contributed by atoms with Gasteiger partial charge in [-0.05, 0) is 44.5 Å². The van der Waals surface area contributed by atoms with Crippen LogP contribution >= 0.6 is 0 Å². The topological polar surface area (TPSA) is 67.8 Å². The number of aliphatic hydroxyl groups is 1. The van der Waals surface area contributed by atoms with Crippen LogP contribution in [0.1, 0.15) is 20.3 Å². The average Bonchev–Trinajstić information content (AvgIpc) is 2.39. The molecule has 106 valence electrons. The van der Waals surface area contributed by atoms with Crippen LogP contribution in [0.15, 0.2) is 24.3 Å². The van der Waals surface area contributed by atoms with Gasteiger partial charge in [0.15, 0.2) is 6.10 Å². The zero-order valence-corrected chi connectivity index (χ0v) is 11.6. The van der Waals surface area contributed by atoms with E-state index in [1.165, 1.54) is 0 Å². The Morgan fingerprint density at radius 3 is 2.37 bits per heavy atom. The first-order chi connectivity index (χ1) is 9.06. The highest BCUT2D eigenvalue weighted by atomic mass is 16.5. The van der Waals surface area contributed by atoms with E-state index in [-0.39, 0.29) is 18.6 Å². The SMILES string of the molecule is COc1ccc(OC(C)C(=O)NC(C)CCO)cc1. The third kappa shape index (κ3) is 5.18. The minimum atomic E-state index is -0.588. The molecule has 0 aliphatic heterocycles. The van der Waals surface area contributed by atoms with E-state index in [2.05, 4.69) is 5.32 Å². The number of rotatable bonds is 7. The van der Waals surface area contributed by atoms with Crippen molar-refractivity contribution in [3.05, 3.63) is 24.3 Å². The summed E-state index contributed by atoms with van der Waals surface area (Å²) in [6, 6.07) is 6.97. The van der Waals surface area contributed by atoms with E-state index in [0.717, 1.165) is 5.75 Å². The molecule has 0 saturated carbocycles. The molecule has 1 aromatic rings. The molecule has 2 unspecified atom stereocenters. The lowest BCUT2D eigenvalue weighted by molar-refractivity contribution is -0.127. The van der Waals surface area contributed by atoms with Crippen LogP contribution in [0, 0.1) is 0 Å². The number of nitrogens with one attached hydrogen (secondary N) is 1. The van der Waals surface area contributed by atoms with Gasteiger partial charge in [-0.15, -0.1) is 0 Å². The van der Waals surface area contributed by atoms with Gasteiger partial charge in [0.2, 0.25) is 0 Å². The molecular weight excluding hydrogens is 246 g/mol. The third-order valence-electron chi connectivity index (χ3n) is 2.69. The number of carbonyl (C=O) groups is 1. The van der Waals surface area contributed by atoms with E-state index in [9.17, 15) is 4.79 Å². The molecule has 0 heterocycles. The van der Waals surface area contributed by atoms with Gasteiger partial charge in [-0.25, -0.2) is 0 Å². The molecule has 1 rings (SSSR count). The van der Waals surface area contributed by atoms with Crippen LogP contribution in [0.2, 0.25) is 0 Å². The molecule has 0 spiro atoms. The fourth-order valence-corrected chi connectivity index (χ4v) is 1.54. The van der Waals surface area contributed by atoms with Gasteiger partial charge in [0.05, 0.1) is 7.11 Å². The lowest BCUT2D eigenvalue weighted by atomic mass is 10.2. The van der Waals surface area contributed by atoms with Gasteiger partial charge in [-0.3, -0.25) is 4.79 Å². The predicted molar refractivity (Wildman–Crippen MR) is 72.4 cm³/mol. The number of aliphatic hydroxyl groups excluding tert-OH is 1. The molecule has 0 saturated heterocycles. The first-order valence-electron chi connectivity index (χ1n) is 6.28. The maximum Gasteiger partial charge on any atom is 0.260 e. The Hall–Kier alpha value is -1.75. The van der Waals surface area contributed by atoms with Gasteiger partial charge in [-0.1, -0.05) is 0 Å². The summed E-state index contributed by atoms with van der Waals surface area (Å²) in [6.07, 6.45) is -0.0596. The van der Waals surface area contributed by atoms with Crippen molar-refractivity contribution < 1.29 is 19.4 Å². The molecule has 1 aromatic carbocycles. The van der Waals surface area contributed by atoms with Crippen molar-refractivity contribution in [3.63, 3.8) is 0 Å². The summed E-state index contributed by atoms with van der Waals surface area (Å²) >= 11 is 0. The van der Waals surface area contributed by atoms with E-state index in [4.69, 9.17) is 14.6 Å². The molecule has 19 heavy (non-hydrogen) atoms. The maximum atomic E-state index is 11.8. The van der Waals surface area contributed by atoms with Crippen molar-refractivity contribution in [3.8, 4) is 11.5 Å². The Bertz CT molecular complexity index is 391.